The molecule has 1 saturated heterocycles. The minimum atomic E-state index is 0.0360. The molecule has 1 fully saturated rings. The van der Waals surface area contributed by atoms with Crippen LogP contribution in [0.25, 0.3) is 0 Å². The number of piperazine rings is 1. The smallest absolute Gasteiger partial charge is 0.323 e. The topological polar surface area (TPSA) is 66.4 Å². The van der Waals surface area contributed by atoms with Crippen molar-refractivity contribution in [3.05, 3.63) is 0 Å². The summed E-state index contributed by atoms with van der Waals surface area (Å²) in [5.74, 6) is 1.21. The zero-order valence-electron chi connectivity index (χ0n) is 13.8. The summed E-state index contributed by atoms with van der Waals surface area (Å²) in [5, 5.41) is 2.97. The monoisotopic (exact) mass is 294 g/mol. The number of anilines is 2. The summed E-state index contributed by atoms with van der Waals surface area (Å²) in [4.78, 5) is 17.7. The van der Waals surface area contributed by atoms with E-state index in [0.717, 1.165) is 19.6 Å². The van der Waals surface area contributed by atoms with Crippen molar-refractivity contribution < 1.29 is 4.74 Å². The molecular weight excluding hydrogens is 268 g/mol. The first-order chi connectivity index (χ1) is 9.81. The van der Waals surface area contributed by atoms with E-state index < -0.39 is 0 Å². The molecule has 0 amide bonds. The summed E-state index contributed by atoms with van der Waals surface area (Å²) in [6.07, 6.45) is 0.0360. The van der Waals surface area contributed by atoms with E-state index in [-0.39, 0.29) is 11.6 Å². The van der Waals surface area contributed by atoms with E-state index in [1.807, 2.05) is 13.8 Å². The Hall–Kier alpha value is -1.63. The van der Waals surface area contributed by atoms with Crippen molar-refractivity contribution in [1.29, 1.82) is 0 Å². The van der Waals surface area contributed by atoms with Crippen LogP contribution in [0.4, 0.5) is 11.9 Å². The second-order valence-electron chi connectivity index (χ2n) is 6.31. The van der Waals surface area contributed by atoms with E-state index in [1.165, 1.54) is 0 Å². The summed E-state index contributed by atoms with van der Waals surface area (Å²) < 4.78 is 5.62. The second kappa shape index (κ2) is 6.01. The number of nitrogens with zero attached hydrogens (tertiary/aromatic N) is 5. The summed E-state index contributed by atoms with van der Waals surface area (Å²) >= 11 is 0. The maximum Gasteiger partial charge on any atom is 0.323 e. The fourth-order valence-corrected chi connectivity index (χ4v) is 2.27. The van der Waals surface area contributed by atoms with E-state index in [2.05, 4.69) is 51.0 Å². The molecule has 2 heterocycles. The van der Waals surface area contributed by atoms with Crippen molar-refractivity contribution in [2.24, 2.45) is 0 Å². The van der Waals surface area contributed by atoms with Gasteiger partial charge in [-0.05, 0) is 34.7 Å². The molecule has 0 aliphatic carbocycles. The molecule has 118 valence electrons. The highest BCUT2D eigenvalue weighted by Crippen LogP contribution is 2.23. The molecule has 1 aliphatic rings. The molecular formula is C14H26N6O. The molecule has 1 aliphatic heterocycles. The lowest BCUT2D eigenvalue weighted by molar-refractivity contribution is 0.137. The van der Waals surface area contributed by atoms with E-state index in [9.17, 15) is 0 Å². The molecule has 0 bridgehead atoms. The SMILES string of the molecule is CNc1nc(OC(C)C)nc(N2CCN(C)C(C)(C)C2)n1. The summed E-state index contributed by atoms with van der Waals surface area (Å²) in [5.41, 5.74) is 0.0871. The third-order valence-corrected chi connectivity index (χ3v) is 3.77. The van der Waals surface area contributed by atoms with Crippen molar-refractivity contribution in [2.45, 2.75) is 39.3 Å². The second-order valence-corrected chi connectivity index (χ2v) is 6.31. The van der Waals surface area contributed by atoms with Gasteiger partial charge in [0.05, 0.1) is 6.10 Å². The Labute approximate surface area is 126 Å². The van der Waals surface area contributed by atoms with Crippen molar-refractivity contribution in [3.63, 3.8) is 0 Å². The van der Waals surface area contributed by atoms with Gasteiger partial charge in [-0.3, -0.25) is 4.90 Å². The maximum atomic E-state index is 5.62. The van der Waals surface area contributed by atoms with Gasteiger partial charge < -0.3 is 15.0 Å². The molecule has 7 nitrogen and oxygen atoms in total. The van der Waals surface area contributed by atoms with Crippen LogP contribution in [0, 0.1) is 0 Å². The van der Waals surface area contributed by atoms with Gasteiger partial charge in [-0.15, -0.1) is 0 Å². The van der Waals surface area contributed by atoms with Crippen LogP contribution in [0.2, 0.25) is 0 Å². The molecule has 0 atom stereocenters. The minimum Gasteiger partial charge on any atom is -0.461 e. The Bertz CT molecular complexity index is 490. The van der Waals surface area contributed by atoms with Gasteiger partial charge in [0.1, 0.15) is 0 Å². The highest BCUT2D eigenvalue weighted by molar-refractivity contribution is 5.39. The summed E-state index contributed by atoms with van der Waals surface area (Å²) in [7, 11) is 3.95. The number of likely N-dealkylation sites (N-methyl/N-ethyl adjacent to an activating group) is 1. The lowest BCUT2D eigenvalue weighted by Gasteiger charge is -2.45. The van der Waals surface area contributed by atoms with Crippen LogP contribution in [0.3, 0.4) is 0 Å². The number of ether oxygens (including phenoxy) is 1. The highest BCUT2D eigenvalue weighted by atomic mass is 16.5. The van der Waals surface area contributed by atoms with E-state index in [4.69, 9.17) is 4.74 Å². The van der Waals surface area contributed by atoms with E-state index >= 15 is 0 Å². The average molecular weight is 294 g/mol. The number of rotatable bonds is 4. The first-order valence-electron chi connectivity index (χ1n) is 7.38. The maximum absolute atomic E-state index is 5.62. The Morgan fingerprint density at radius 1 is 1.19 bits per heavy atom. The molecule has 0 aromatic carbocycles. The van der Waals surface area contributed by atoms with Crippen LogP contribution in [-0.2, 0) is 0 Å². The third-order valence-electron chi connectivity index (χ3n) is 3.77. The van der Waals surface area contributed by atoms with Crippen molar-refractivity contribution in [2.75, 3.05) is 43.9 Å². The molecule has 0 radical (unpaired) electrons. The average Bonchev–Trinajstić information content (AvgIpc) is 2.40. The Morgan fingerprint density at radius 2 is 1.90 bits per heavy atom. The standard InChI is InChI=1S/C14H26N6O/c1-10(2)21-13-17-11(15-5)16-12(18-13)20-8-7-19(6)14(3,4)9-20/h10H,7-9H2,1-6H3,(H,15,16,17,18). The zero-order valence-corrected chi connectivity index (χ0v) is 13.8. The number of aromatic nitrogens is 3. The van der Waals surface area contributed by atoms with Crippen molar-refractivity contribution in [3.8, 4) is 6.01 Å². The van der Waals surface area contributed by atoms with Crippen LogP contribution in [0.15, 0.2) is 0 Å². The van der Waals surface area contributed by atoms with Gasteiger partial charge in [-0.25, -0.2) is 0 Å². The van der Waals surface area contributed by atoms with Gasteiger partial charge in [-0.2, -0.15) is 15.0 Å². The van der Waals surface area contributed by atoms with Gasteiger partial charge in [0.15, 0.2) is 0 Å². The fraction of sp³-hybridized carbons (Fsp3) is 0.786. The van der Waals surface area contributed by atoms with Crippen LogP contribution < -0.4 is 15.0 Å². The number of nitrogens with one attached hydrogen (secondary N) is 1. The number of hydrogen-bond acceptors (Lipinski definition) is 7. The van der Waals surface area contributed by atoms with E-state index in [0.29, 0.717) is 17.9 Å². The lowest BCUT2D eigenvalue weighted by Crippen LogP contribution is -2.58. The van der Waals surface area contributed by atoms with Gasteiger partial charge >= 0.3 is 6.01 Å². The Kier molecular flexibility index (Phi) is 4.51. The highest BCUT2D eigenvalue weighted by Gasteiger charge is 2.32. The quantitative estimate of drug-likeness (QED) is 0.896. The van der Waals surface area contributed by atoms with Gasteiger partial charge in [0.25, 0.3) is 0 Å². The number of hydrogen-bond donors (Lipinski definition) is 1. The fourth-order valence-electron chi connectivity index (χ4n) is 2.27. The summed E-state index contributed by atoms with van der Waals surface area (Å²) in [6.45, 7) is 11.1. The Balaban J connectivity index is 2.26. The van der Waals surface area contributed by atoms with E-state index in [1.54, 1.807) is 7.05 Å². The molecule has 7 heteroatoms. The predicted octanol–water partition coefficient (Wildman–Crippen LogP) is 1.23. The molecule has 0 unspecified atom stereocenters. The molecule has 2 rings (SSSR count). The third kappa shape index (κ3) is 3.72. The first kappa shape index (κ1) is 15.8. The van der Waals surface area contributed by atoms with Gasteiger partial charge in [-0.1, -0.05) is 0 Å². The van der Waals surface area contributed by atoms with Gasteiger partial charge in [0.2, 0.25) is 11.9 Å². The Morgan fingerprint density at radius 3 is 2.48 bits per heavy atom. The molecule has 1 N–H and O–H groups in total. The first-order valence-corrected chi connectivity index (χ1v) is 7.38. The lowest BCUT2D eigenvalue weighted by atomic mass is 10.0. The zero-order chi connectivity index (χ0) is 15.6. The summed E-state index contributed by atoms with van der Waals surface area (Å²) in [6, 6.07) is 0.371. The predicted molar refractivity (Wildman–Crippen MR) is 84.1 cm³/mol. The molecule has 0 saturated carbocycles. The van der Waals surface area contributed by atoms with Crippen molar-refractivity contribution in [1.82, 2.24) is 19.9 Å². The minimum absolute atomic E-state index is 0.0360. The molecule has 21 heavy (non-hydrogen) atoms. The van der Waals surface area contributed by atoms with Crippen LogP contribution >= 0.6 is 0 Å². The van der Waals surface area contributed by atoms with Crippen LogP contribution in [0.5, 0.6) is 6.01 Å². The van der Waals surface area contributed by atoms with Crippen molar-refractivity contribution >= 4 is 11.9 Å². The largest absolute Gasteiger partial charge is 0.461 e. The molecule has 1 aromatic heterocycles. The van der Waals surface area contributed by atoms with Gasteiger partial charge in [0, 0.05) is 32.2 Å². The van der Waals surface area contributed by atoms with Crippen LogP contribution in [0.1, 0.15) is 27.7 Å². The molecule has 1 aromatic rings. The normalized spacial score (nSPS) is 18.9. The van der Waals surface area contributed by atoms with Crippen LogP contribution in [-0.4, -0.2) is 65.2 Å². The molecule has 0 spiro atoms.